The lowest BCUT2D eigenvalue weighted by molar-refractivity contribution is 0.0487. The second kappa shape index (κ2) is 13.5. The maximum absolute atomic E-state index is 12.9. The minimum absolute atomic E-state index is 0.203. The standard InChI is InChI=1S/C30H37N3O10/c1-29(2,41)24(36)21-9-5-19(6-10-21)23(20-7-11-22(12-8-20)25(37)30(3,4)42)43-18-15-33-27(39)31(13-16-34)26(38)32(14-17-35)28(33)40/h5-12,23,34-35,41-42H,13-18H2,1-4H3. The van der Waals surface area contributed by atoms with Gasteiger partial charge in [-0.3, -0.25) is 9.59 Å². The number of ether oxygens (including phenoxy) is 1. The monoisotopic (exact) mass is 599 g/mol. The van der Waals surface area contributed by atoms with Gasteiger partial charge in [-0.25, -0.2) is 28.1 Å². The van der Waals surface area contributed by atoms with Crippen molar-refractivity contribution in [3.63, 3.8) is 0 Å². The van der Waals surface area contributed by atoms with Crippen LogP contribution in [0.25, 0.3) is 0 Å². The van der Waals surface area contributed by atoms with E-state index in [1.54, 1.807) is 24.3 Å². The number of carbonyl (C=O) groups excluding carboxylic acids is 2. The normalized spacial score (nSPS) is 12.1. The van der Waals surface area contributed by atoms with E-state index >= 15 is 0 Å². The quantitative estimate of drug-likeness (QED) is 0.182. The molecule has 13 nitrogen and oxygen atoms in total. The Labute approximate surface area is 246 Å². The summed E-state index contributed by atoms with van der Waals surface area (Å²) in [5.74, 6) is -0.968. The van der Waals surface area contributed by atoms with Crippen LogP contribution >= 0.6 is 0 Å². The summed E-state index contributed by atoms with van der Waals surface area (Å²) in [4.78, 5) is 63.4. The first-order valence-corrected chi connectivity index (χ1v) is 13.6. The molecule has 0 spiro atoms. The molecule has 0 aliphatic rings. The molecule has 1 aromatic heterocycles. The molecule has 13 heteroatoms. The molecule has 4 N–H and O–H groups in total. The van der Waals surface area contributed by atoms with E-state index in [9.17, 15) is 44.4 Å². The molecule has 0 atom stereocenters. The van der Waals surface area contributed by atoms with Crippen LogP contribution in [-0.4, -0.2) is 76.7 Å². The van der Waals surface area contributed by atoms with Crippen molar-refractivity contribution in [3.05, 3.63) is 102 Å². The Bertz CT molecular complexity index is 1510. The Morgan fingerprint density at radius 2 is 0.977 bits per heavy atom. The third-order valence-corrected chi connectivity index (χ3v) is 6.69. The highest BCUT2D eigenvalue weighted by molar-refractivity contribution is 6.02. The first-order chi connectivity index (χ1) is 20.1. The van der Waals surface area contributed by atoms with E-state index in [1.807, 2.05) is 0 Å². The third kappa shape index (κ3) is 7.69. The van der Waals surface area contributed by atoms with Gasteiger partial charge in [0.15, 0.2) is 11.6 Å². The lowest BCUT2D eigenvalue weighted by atomic mass is 9.92. The number of Topliss-reactive ketones (excluding diaryl/α,β-unsaturated/α-hetero) is 2. The van der Waals surface area contributed by atoms with Crippen molar-refractivity contribution in [2.75, 3.05) is 19.8 Å². The number of aromatic nitrogens is 3. The van der Waals surface area contributed by atoms with Crippen LogP contribution in [0.4, 0.5) is 0 Å². The molecule has 0 saturated carbocycles. The van der Waals surface area contributed by atoms with Gasteiger partial charge >= 0.3 is 17.1 Å². The summed E-state index contributed by atoms with van der Waals surface area (Å²) in [6, 6.07) is 12.6. The number of nitrogens with zero attached hydrogens (tertiary/aromatic N) is 3. The van der Waals surface area contributed by atoms with E-state index in [0.717, 1.165) is 4.57 Å². The van der Waals surface area contributed by atoms with Gasteiger partial charge in [-0.1, -0.05) is 48.5 Å². The molecular formula is C30H37N3O10. The van der Waals surface area contributed by atoms with Gasteiger partial charge in [0.1, 0.15) is 17.3 Å². The van der Waals surface area contributed by atoms with E-state index in [4.69, 9.17) is 4.74 Å². The summed E-state index contributed by atoms with van der Waals surface area (Å²) >= 11 is 0. The zero-order valence-corrected chi connectivity index (χ0v) is 24.5. The minimum atomic E-state index is -1.58. The molecule has 0 aliphatic heterocycles. The topological polar surface area (TPSA) is 190 Å². The Hall–Kier alpha value is -4.01. The van der Waals surface area contributed by atoms with Gasteiger partial charge in [-0.2, -0.15) is 0 Å². The number of carbonyl (C=O) groups is 2. The van der Waals surface area contributed by atoms with E-state index in [1.165, 1.54) is 52.0 Å². The molecule has 1 heterocycles. The summed E-state index contributed by atoms with van der Waals surface area (Å²) < 4.78 is 8.31. The maximum Gasteiger partial charge on any atom is 0.336 e. The molecule has 3 aromatic rings. The largest absolute Gasteiger partial charge is 0.395 e. The lowest BCUT2D eigenvalue weighted by Crippen LogP contribution is -2.55. The predicted octanol–water partition coefficient (Wildman–Crippen LogP) is -0.130. The highest BCUT2D eigenvalue weighted by Crippen LogP contribution is 2.28. The van der Waals surface area contributed by atoms with Gasteiger partial charge in [0.05, 0.1) is 39.5 Å². The Balaban J connectivity index is 1.99. The van der Waals surface area contributed by atoms with Crippen LogP contribution < -0.4 is 17.1 Å². The van der Waals surface area contributed by atoms with Crippen molar-refractivity contribution in [1.82, 2.24) is 13.7 Å². The molecule has 0 bridgehead atoms. The van der Waals surface area contributed by atoms with Crippen molar-refractivity contribution < 1.29 is 34.8 Å². The molecule has 43 heavy (non-hydrogen) atoms. The smallest absolute Gasteiger partial charge is 0.336 e. The average Bonchev–Trinajstić information content (AvgIpc) is 2.96. The zero-order chi connectivity index (χ0) is 32.1. The van der Waals surface area contributed by atoms with Gasteiger partial charge < -0.3 is 25.2 Å². The van der Waals surface area contributed by atoms with Crippen molar-refractivity contribution in [3.8, 4) is 0 Å². The van der Waals surface area contributed by atoms with Gasteiger partial charge in [0.2, 0.25) is 0 Å². The van der Waals surface area contributed by atoms with Crippen molar-refractivity contribution in [2.24, 2.45) is 0 Å². The molecule has 0 amide bonds. The van der Waals surface area contributed by atoms with Crippen molar-refractivity contribution in [1.29, 1.82) is 0 Å². The zero-order valence-electron chi connectivity index (χ0n) is 24.5. The summed E-state index contributed by atoms with van der Waals surface area (Å²) in [5, 5.41) is 38.8. The molecule has 0 saturated heterocycles. The second-order valence-electron chi connectivity index (χ2n) is 11.0. The molecule has 0 aliphatic carbocycles. The number of aliphatic hydroxyl groups excluding tert-OH is 2. The van der Waals surface area contributed by atoms with Gasteiger partial charge in [-0.05, 0) is 38.8 Å². The summed E-state index contributed by atoms with van der Waals surface area (Å²) in [6.45, 7) is 3.29. The Kier molecular flexibility index (Phi) is 10.5. The summed E-state index contributed by atoms with van der Waals surface area (Å²) in [6.07, 6.45) is -0.809. The average molecular weight is 600 g/mol. The number of benzene rings is 2. The van der Waals surface area contributed by atoms with Crippen LogP contribution in [0.1, 0.15) is 65.6 Å². The molecule has 3 rings (SSSR count). The van der Waals surface area contributed by atoms with Crippen LogP contribution in [-0.2, 0) is 24.4 Å². The molecular weight excluding hydrogens is 562 g/mol. The molecule has 0 radical (unpaired) electrons. The highest BCUT2D eigenvalue weighted by Gasteiger charge is 2.27. The van der Waals surface area contributed by atoms with E-state index in [-0.39, 0.29) is 37.4 Å². The molecule has 0 unspecified atom stereocenters. The van der Waals surface area contributed by atoms with Crippen LogP contribution in [0.2, 0.25) is 0 Å². The van der Waals surface area contributed by atoms with Gasteiger partial charge in [0.25, 0.3) is 0 Å². The predicted molar refractivity (Wildman–Crippen MR) is 155 cm³/mol. The van der Waals surface area contributed by atoms with Crippen LogP contribution in [0, 0.1) is 0 Å². The minimum Gasteiger partial charge on any atom is -0.395 e. The second-order valence-corrected chi connectivity index (χ2v) is 11.0. The maximum atomic E-state index is 12.9. The Morgan fingerprint density at radius 3 is 1.28 bits per heavy atom. The fraction of sp³-hybridized carbons (Fsp3) is 0.433. The fourth-order valence-corrected chi connectivity index (χ4v) is 4.43. The Morgan fingerprint density at radius 1 is 0.651 bits per heavy atom. The first-order valence-electron chi connectivity index (χ1n) is 13.6. The lowest BCUT2D eigenvalue weighted by Gasteiger charge is -2.21. The van der Waals surface area contributed by atoms with Crippen molar-refractivity contribution >= 4 is 11.6 Å². The summed E-state index contributed by atoms with van der Waals surface area (Å²) in [7, 11) is 0. The molecule has 2 aromatic carbocycles. The highest BCUT2D eigenvalue weighted by atomic mass is 16.5. The van der Waals surface area contributed by atoms with E-state index in [2.05, 4.69) is 0 Å². The van der Waals surface area contributed by atoms with Crippen LogP contribution in [0.15, 0.2) is 62.9 Å². The number of hydrogen-bond donors (Lipinski definition) is 4. The molecule has 0 fully saturated rings. The SMILES string of the molecule is CC(C)(O)C(=O)c1ccc(C(OCCn2c(=O)n(CCO)c(=O)n(CCO)c2=O)c2ccc(C(=O)C(C)(C)O)cc2)cc1. The van der Waals surface area contributed by atoms with Crippen LogP contribution in [0.3, 0.4) is 0 Å². The fourth-order valence-electron chi connectivity index (χ4n) is 4.43. The number of rotatable bonds is 14. The number of aliphatic hydroxyl groups is 4. The number of hydrogen-bond acceptors (Lipinski definition) is 10. The van der Waals surface area contributed by atoms with E-state index < -0.39 is 59.2 Å². The van der Waals surface area contributed by atoms with Crippen molar-refractivity contribution in [2.45, 2.75) is 64.6 Å². The molecule has 232 valence electrons. The van der Waals surface area contributed by atoms with Crippen LogP contribution in [0.5, 0.6) is 0 Å². The van der Waals surface area contributed by atoms with Gasteiger partial charge in [0, 0.05) is 11.1 Å². The first kappa shape index (κ1) is 33.5. The summed E-state index contributed by atoms with van der Waals surface area (Å²) in [5.41, 5.74) is -4.31. The van der Waals surface area contributed by atoms with Gasteiger partial charge in [-0.15, -0.1) is 0 Å². The number of ketones is 2. The third-order valence-electron chi connectivity index (χ3n) is 6.69. The van der Waals surface area contributed by atoms with E-state index in [0.29, 0.717) is 20.3 Å².